The molecule has 2 heterocycles. The first kappa shape index (κ1) is 18.5. The van der Waals surface area contributed by atoms with Crippen LogP contribution in [0.3, 0.4) is 0 Å². The van der Waals surface area contributed by atoms with Crippen molar-refractivity contribution >= 4 is 15.9 Å². The van der Waals surface area contributed by atoms with Crippen molar-refractivity contribution in [3.8, 4) is 11.5 Å². The van der Waals surface area contributed by atoms with E-state index in [9.17, 15) is 13.2 Å². The summed E-state index contributed by atoms with van der Waals surface area (Å²) in [5, 5.41) is 10.8. The van der Waals surface area contributed by atoms with Gasteiger partial charge >= 0.3 is 0 Å². The minimum atomic E-state index is -3.19. The third kappa shape index (κ3) is 4.28. The average molecular weight is 378 g/mol. The van der Waals surface area contributed by atoms with Crippen LogP contribution in [-0.4, -0.2) is 48.2 Å². The fraction of sp³-hybridized carbons (Fsp3) is 0.471. The molecule has 1 aliphatic rings. The first-order valence-electron chi connectivity index (χ1n) is 8.46. The van der Waals surface area contributed by atoms with Crippen LogP contribution in [0.15, 0.2) is 28.7 Å². The lowest BCUT2D eigenvalue weighted by Crippen LogP contribution is -2.42. The van der Waals surface area contributed by atoms with Gasteiger partial charge in [-0.15, -0.1) is 10.2 Å². The first-order valence-corrected chi connectivity index (χ1v) is 10.3. The van der Waals surface area contributed by atoms with Gasteiger partial charge in [-0.25, -0.2) is 12.7 Å². The van der Waals surface area contributed by atoms with Gasteiger partial charge in [0.25, 0.3) is 0 Å². The van der Waals surface area contributed by atoms with Crippen LogP contribution in [-0.2, 0) is 21.4 Å². The molecule has 1 fully saturated rings. The monoisotopic (exact) mass is 378 g/mol. The number of hydrogen-bond acceptors (Lipinski definition) is 6. The van der Waals surface area contributed by atoms with Gasteiger partial charge in [0.05, 0.1) is 12.8 Å². The summed E-state index contributed by atoms with van der Waals surface area (Å²) in [5.41, 5.74) is 1.90. The smallest absolute Gasteiger partial charge is 0.248 e. The Balaban J connectivity index is 1.54. The number of aromatic nitrogens is 2. The molecule has 0 atom stereocenters. The number of benzene rings is 1. The van der Waals surface area contributed by atoms with Crippen LogP contribution in [0.25, 0.3) is 11.5 Å². The third-order valence-corrected chi connectivity index (χ3v) is 5.85. The molecule has 1 aromatic carbocycles. The molecule has 1 aromatic heterocycles. The van der Waals surface area contributed by atoms with Crippen LogP contribution in [0.2, 0.25) is 0 Å². The maximum absolute atomic E-state index is 12.3. The van der Waals surface area contributed by atoms with Gasteiger partial charge in [0.15, 0.2) is 0 Å². The summed E-state index contributed by atoms with van der Waals surface area (Å²) in [4.78, 5) is 12.3. The molecule has 0 aliphatic carbocycles. The van der Waals surface area contributed by atoms with Gasteiger partial charge in [-0.05, 0) is 31.4 Å². The predicted molar refractivity (Wildman–Crippen MR) is 95.5 cm³/mol. The minimum Gasteiger partial charge on any atom is -0.419 e. The zero-order valence-electron chi connectivity index (χ0n) is 14.8. The lowest BCUT2D eigenvalue weighted by Gasteiger charge is -2.29. The number of nitrogens with one attached hydrogen (secondary N) is 1. The summed E-state index contributed by atoms with van der Waals surface area (Å²) in [6.45, 7) is 2.86. The number of hydrogen-bond donors (Lipinski definition) is 1. The number of carbonyl (C=O) groups excluding carboxylic acids is 1. The summed E-state index contributed by atoms with van der Waals surface area (Å²) >= 11 is 0. The van der Waals surface area contributed by atoms with Crippen molar-refractivity contribution in [3.63, 3.8) is 0 Å². The van der Waals surface area contributed by atoms with Crippen molar-refractivity contribution in [1.29, 1.82) is 0 Å². The molecular weight excluding hydrogens is 356 g/mol. The van der Waals surface area contributed by atoms with Crippen LogP contribution in [0, 0.1) is 12.8 Å². The topological polar surface area (TPSA) is 105 Å². The number of nitrogens with zero attached hydrogens (tertiary/aromatic N) is 3. The molecule has 1 amide bonds. The summed E-state index contributed by atoms with van der Waals surface area (Å²) in [7, 11) is -3.19. The molecule has 2 aromatic rings. The minimum absolute atomic E-state index is 0.117. The Kier molecular flexibility index (Phi) is 5.38. The van der Waals surface area contributed by atoms with Crippen LogP contribution in [0.4, 0.5) is 0 Å². The number of sulfonamides is 1. The van der Waals surface area contributed by atoms with Gasteiger partial charge in [0.2, 0.25) is 27.7 Å². The standard InChI is InChI=1S/C17H22N4O4S/c1-12-5-3-4-6-14(12)17-20-19-15(25-17)11-18-16(22)13-7-9-21(10-8-13)26(2,23)24/h3-6,13H,7-11H2,1-2H3,(H,18,22). The zero-order chi connectivity index (χ0) is 18.7. The SMILES string of the molecule is Cc1ccccc1-c1nnc(CNC(=O)C2CCN(S(C)(=O)=O)CC2)o1. The molecule has 0 radical (unpaired) electrons. The second-order valence-corrected chi connectivity index (χ2v) is 8.45. The lowest BCUT2D eigenvalue weighted by molar-refractivity contribution is -0.126. The molecule has 0 unspecified atom stereocenters. The van der Waals surface area contributed by atoms with Crippen LogP contribution >= 0.6 is 0 Å². The third-order valence-electron chi connectivity index (χ3n) is 4.55. The average Bonchev–Trinajstić information content (AvgIpc) is 3.08. The van der Waals surface area contributed by atoms with Crippen molar-refractivity contribution in [3.05, 3.63) is 35.7 Å². The Hall–Kier alpha value is -2.26. The molecule has 8 nitrogen and oxygen atoms in total. The Morgan fingerprint density at radius 1 is 1.27 bits per heavy atom. The molecule has 1 saturated heterocycles. The number of amides is 1. The number of rotatable bonds is 5. The van der Waals surface area contributed by atoms with Gasteiger partial charge in [0.1, 0.15) is 0 Å². The largest absolute Gasteiger partial charge is 0.419 e. The summed E-state index contributed by atoms with van der Waals surface area (Å²) < 4.78 is 30.1. The zero-order valence-corrected chi connectivity index (χ0v) is 15.6. The maximum Gasteiger partial charge on any atom is 0.248 e. The van der Waals surface area contributed by atoms with Crippen molar-refractivity contribution < 1.29 is 17.6 Å². The number of carbonyl (C=O) groups is 1. The normalized spacial score (nSPS) is 16.5. The molecule has 1 aliphatic heterocycles. The highest BCUT2D eigenvalue weighted by atomic mass is 32.2. The van der Waals surface area contributed by atoms with E-state index in [-0.39, 0.29) is 18.4 Å². The summed E-state index contributed by atoms with van der Waals surface area (Å²) in [5.74, 6) is 0.444. The molecular formula is C17H22N4O4S. The van der Waals surface area contributed by atoms with E-state index >= 15 is 0 Å². The van der Waals surface area contributed by atoms with Crippen molar-refractivity contribution in [2.75, 3.05) is 19.3 Å². The maximum atomic E-state index is 12.3. The van der Waals surface area contributed by atoms with Gasteiger partial charge in [-0.1, -0.05) is 18.2 Å². The quantitative estimate of drug-likeness (QED) is 0.841. The highest BCUT2D eigenvalue weighted by Crippen LogP contribution is 2.22. The van der Waals surface area contributed by atoms with E-state index in [1.54, 1.807) is 0 Å². The highest BCUT2D eigenvalue weighted by molar-refractivity contribution is 7.88. The lowest BCUT2D eigenvalue weighted by atomic mass is 9.97. The number of piperidine rings is 1. The Bertz CT molecular complexity index is 886. The van der Waals surface area contributed by atoms with E-state index < -0.39 is 10.0 Å². The highest BCUT2D eigenvalue weighted by Gasteiger charge is 2.29. The number of aryl methyl sites for hydroxylation is 1. The predicted octanol–water partition coefficient (Wildman–Crippen LogP) is 1.33. The Morgan fingerprint density at radius 3 is 2.62 bits per heavy atom. The van der Waals surface area contributed by atoms with Crippen molar-refractivity contribution in [2.45, 2.75) is 26.3 Å². The second-order valence-electron chi connectivity index (χ2n) is 6.47. The van der Waals surface area contributed by atoms with Gasteiger partial charge in [0, 0.05) is 24.6 Å². The molecule has 0 saturated carbocycles. The Labute approximate surface area is 152 Å². The van der Waals surface area contributed by atoms with E-state index in [4.69, 9.17) is 4.42 Å². The van der Waals surface area contributed by atoms with Gasteiger partial charge in [-0.3, -0.25) is 4.79 Å². The second kappa shape index (κ2) is 7.55. The molecule has 1 N–H and O–H groups in total. The summed E-state index contributed by atoms with van der Waals surface area (Å²) in [6.07, 6.45) is 2.21. The van der Waals surface area contributed by atoms with Gasteiger partial charge in [-0.2, -0.15) is 0 Å². The van der Waals surface area contributed by atoms with Crippen LogP contribution in [0.1, 0.15) is 24.3 Å². The van der Waals surface area contributed by atoms with E-state index in [1.165, 1.54) is 10.6 Å². The van der Waals surface area contributed by atoms with E-state index in [0.717, 1.165) is 11.1 Å². The molecule has 0 bridgehead atoms. The van der Waals surface area contributed by atoms with Crippen molar-refractivity contribution in [1.82, 2.24) is 19.8 Å². The van der Waals surface area contributed by atoms with Crippen molar-refractivity contribution in [2.24, 2.45) is 5.92 Å². The molecule has 140 valence electrons. The molecule has 9 heteroatoms. The Morgan fingerprint density at radius 2 is 1.96 bits per heavy atom. The van der Waals surface area contributed by atoms with E-state index in [2.05, 4.69) is 15.5 Å². The van der Waals surface area contributed by atoms with Crippen LogP contribution < -0.4 is 5.32 Å². The molecule has 0 spiro atoms. The fourth-order valence-electron chi connectivity index (χ4n) is 3.00. The van der Waals surface area contributed by atoms with E-state index in [0.29, 0.717) is 37.7 Å². The van der Waals surface area contributed by atoms with Gasteiger partial charge < -0.3 is 9.73 Å². The molecule has 26 heavy (non-hydrogen) atoms. The fourth-order valence-corrected chi connectivity index (χ4v) is 3.88. The van der Waals surface area contributed by atoms with Crippen LogP contribution in [0.5, 0.6) is 0 Å². The first-order chi connectivity index (χ1) is 12.3. The molecule has 3 rings (SSSR count). The summed E-state index contributed by atoms with van der Waals surface area (Å²) in [6, 6.07) is 7.70. The van der Waals surface area contributed by atoms with E-state index in [1.807, 2.05) is 31.2 Å².